The van der Waals surface area contributed by atoms with Crippen molar-refractivity contribution >= 4 is 43.9 Å². The molecule has 1 fully saturated rings. The van der Waals surface area contributed by atoms with Crippen LogP contribution in [-0.2, 0) is 4.79 Å². The van der Waals surface area contributed by atoms with E-state index in [0.717, 1.165) is 39.2 Å². The van der Waals surface area contributed by atoms with Crippen LogP contribution in [-0.4, -0.2) is 33.9 Å². The zero-order valence-corrected chi connectivity index (χ0v) is 17.5. The number of aromatic nitrogens is 3. The van der Waals surface area contributed by atoms with Gasteiger partial charge in [-0.2, -0.15) is 0 Å². The molecule has 1 aliphatic rings. The quantitative estimate of drug-likeness (QED) is 0.569. The Labute approximate surface area is 168 Å². The van der Waals surface area contributed by atoms with Crippen molar-refractivity contribution in [1.29, 1.82) is 0 Å². The van der Waals surface area contributed by atoms with Crippen molar-refractivity contribution in [1.82, 2.24) is 19.7 Å². The molecule has 0 spiro atoms. The van der Waals surface area contributed by atoms with E-state index in [0.29, 0.717) is 10.6 Å². The van der Waals surface area contributed by atoms with Gasteiger partial charge in [-0.3, -0.25) is 9.20 Å². The van der Waals surface area contributed by atoms with Gasteiger partial charge in [-0.05, 0) is 69.3 Å². The molecule has 1 aromatic carbocycles. The summed E-state index contributed by atoms with van der Waals surface area (Å²) < 4.78 is 8.90. The van der Waals surface area contributed by atoms with E-state index < -0.39 is 0 Å². The second-order valence-corrected chi connectivity index (χ2v) is 7.52. The molecule has 0 radical (unpaired) electrons. The van der Waals surface area contributed by atoms with Gasteiger partial charge in [0.05, 0.1) is 19.0 Å². The molecule has 1 amide bonds. The van der Waals surface area contributed by atoms with Crippen molar-refractivity contribution in [3.8, 4) is 17.0 Å². The average molecular weight is 482 g/mol. The molecule has 0 saturated heterocycles. The van der Waals surface area contributed by atoms with Crippen LogP contribution in [0.15, 0.2) is 39.8 Å². The van der Waals surface area contributed by atoms with E-state index in [1.54, 1.807) is 7.11 Å². The lowest BCUT2D eigenvalue weighted by molar-refractivity contribution is -0.109. The zero-order valence-electron chi connectivity index (χ0n) is 14.4. The number of nitrogens with zero attached hydrogens (tertiary/aromatic N) is 3. The van der Waals surface area contributed by atoms with Crippen LogP contribution in [0.5, 0.6) is 5.75 Å². The van der Waals surface area contributed by atoms with E-state index >= 15 is 0 Å². The highest BCUT2D eigenvalue weighted by molar-refractivity contribution is 9.11. The summed E-state index contributed by atoms with van der Waals surface area (Å²) in [4.78, 5) is 18.2. The van der Waals surface area contributed by atoms with E-state index in [1.165, 1.54) is 12.8 Å². The van der Waals surface area contributed by atoms with Gasteiger partial charge in [0.25, 0.3) is 0 Å². The number of nitrogens with one attached hydrogen (secondary N) is 1. The number of methoxy groups -OCH3 is 1. The molecule has 1 aliphatic carbocycles. The largest absolute Gasteiger partial charge is 0.496 e. The Morgan fingerprint density at radius 1 is 1.35 bits per heavy atom. The highest BCUT2D eigenvalue weighted by atomic mass is 79.9. The summed E-state index contributed by atoms with van der Waals surface area (Å²) >= 11 is 6.83. The number of aryl methyl sites for hydroxylation is 1. The molecule has 26 heavy (non-hydrogen) atoms. The van der Waals surface area contributed by atoms with E-state index in [2.05, 4.69) is 53.2 Å². The van der Waals surface area contributed by atoms with Crippen molar-refractivity contribution in [2.24, 2.45) is 0 Å². The molecule has 136 valence electrons. The smallest absolute Gasteiger partial charge is 0.207 e. The third-order valence-electron chi connectivity index (χ3n) is 3.94. The van der Waals surface area contributed by atoms with Crippen molar-refractivity contribution < 1.29 is 9.53 Å². The Balaban J connectivity index is 0.000000278. The van der Waals surface area contributed by atoms with Crippen LogP contribution in [0.1, 0.15) is 18.4 Å². The second-order valence-electron chi connectivity index (χ2n) is 5.95. The third-order valence-corrected chi connectivity index (χ3v) is 4.85. The topological polar surface area (TPSA) is 68.5 Å². The fourth-order valence-electron chi connectivity index (χ4n) is 2.48. The number of rotatable bonds is 4. The standard InChI is InChI=1S/C14H11Br2N3O.C4H7NO/c1-8-3-4-9(11(5-8)20-2)10-6-17-14-13(16)18-12(15)7-19(10)14;6-3-5-4-1-2-4/h3-7H,1-2H3;3-4H,1-2H2,(H,5,6). The first-order chi connectivity index (χ1) is 12.5. The normalized spacial score (nSPS) is 13.1. The van der Waals surface area contributed by atoms with Gasteiger partial charge in [-0.15, -0.1) is 0 Å². The lowest BCUT2D eigenvalue weighted by atomic mass is 10.1. The lowest BCUT2D eigenvalue weighted by Gasteiger charge is -2.09. The Morgan fingerprint density at radius 3 is 2.73 bits per heavy atom. The van der Waals surface area contributed by atoms with Gasteiger partial charge < -0.3 is 10.1 Å². The maximum absolute atomic E-state index is 9.54. The van der Waals surface area contributed by atoms with Crippen molar-refractivity contribution in [2.75, 3.05) is 7.11 Å². The fraction of sp³-hybridized carbons (Fsp3) is 0.278. The monoisotopic (exact) mass is 480 g/mol. The molecule has 2 heterocycles. The molecular formula is C18H18Br2N4O2. The minimum atomic E-state index is 0.530. The molecule has 0 bridgehead atoms. The van der Waals surface area contributed by atoms with Crippen LogP contribution in [0.25, 0.3) is 16.9 Å². The number of ether oxygens (including phenoxy) is 1. The first kappa shape index (κ1) is 18.8. The first-order valence-corrected chi connectivity index (χ1v) is 9.66. The molecular weight excluding hydrogens is 464 g/mol. The highest BCUT2D eigenvalue weighted by Crippen LogP contribution is 2.32. The summed E-state index contributed by atoms with van der Waals surface area (Å²) in [5, 5.41) is 2.64. The van der Waals surface area contributed by atoms with Crippen molar-refractivity contribution in [3.05, 3.63) is 45.4 Å². The Kier molecular flexibility index (Phi) is 5.93. The van der Waals surface area contributed by atoms with Crippen LogP contribution in [0.2, 0.25) is 0 Å². The first-order valence-electron chi connectivity index (χ1n) is 8.07. The molecule has 3 aromatic rings. The number of carbonyl (C=O) groups is 1. The van der Waals surface area contributed by atoms with Gasteiger partial charge in [0.1, 0.15) is 10.4 Å². The van der Waals surface area contributed by atoms with Gasteiger partial charge in [-0.25, -0.2) is 9.97 Å². The minimum Gasteiger partial charge on any atom is -0.496 e. The van der Waals surface area contributed by atoms with Crippen LogP contribution in [0, 0.1) is 6.92 Å². The molecule has 0 atom stereocenters. The number of benzene rings is 1. The fourth-order valence-corrected chi connectivity index (χ4v) is 3.58. The van der Waals surface area contributed by atoms with Crippen LogP contribution in [0.4, 0.5) is 0 Å². The van der Waals surface area contributed by atoms with Gasteiger partial charge >= 0.3 is 0 Å². The molecule has 1 N–H and O–H groups in total. The van der Waals surface area contributed by atoms with Crippen molar-refractivity contribution in [2.45, 2.75) is 25.8 Å². The predicted molar refractivity (Wildman–Crippen MR) is 107 cm³/mol. The van der Waals surface area contributed by atoms with E-state index in [9.17, 15) is 4.79 Å². The molecule has 0 aliphatic heterocycles. The summed E-state index contributed by atoms with van der Waals surface area (Å²) in [6.45, 7) is 2.04. The van der Waals surface area contributed by atoms with E-state index in [1.807, 2.05) is 35.9 Å². The Hall–Kier alpha value is -1.93. The predicted octanol–water partition coefficient (Wildman–Crippen LogP) is 4.13. The van der Waals surface area contributed by atoms with Crippen LogP contribution < -0.4 is 10.1 Å². The lowest BCUT2D eigenvalue weighted by Crippen LogP contribution is -2.11. The number of carbonyl (C=O) groups excluding carboxylic acids is 1. The molecule has 0 unspecified atom stereocenters. The van der Waals surface area contributed by atoms with Gasteiger partial charge in [0.15, 0.2) is 10.3 Å². The van der Waals surface area contributed by atoms with Crippen LogP contribution in [0.3, 0.4) is 0 Å². The number of amides is 1. The van der Waals surface area contributed by atoms with E-state index in [4.69, 9.17) is 4.74 Å². The average Bonchev–Trinajstić information content (AvgIpc) is 3.33. The SMILES string of the molecule is COc1cc(C)ccc1-c1cnc2c(Br)nc(Br)cn12.O=CNC1CC1. The van der Waals surface area contributed by atoms with Gasteiger partial charge in [-0.1, -0.05) is 6.07 Å². The number of halogens is 2. The molecule has 4 rings (SSSR count). The Bertz CT molecular complexity index is 938. The third kappa shape index (κ3) is 4.24. The maximum atomic E-state index is 9.54. The van der Waals surface area contributed by atoms with Crippen LogP contribution >= 0.6 is 31.9 Å². The number of fused-ring (bicyclic) bond motifs is 1. The summed E-state index contributed by atoms with van der Waals surface area (Å²) in [7, 11) is 1.68. The highest BCUT2D eigenvalue weighted by Gasteiger charge is 2.19. The summed E-state index contributed by atoms with van der Waals surface area (Å²) in [6, 6.07) is 6.64. The summed E-state index contributed by atoms with van der Waals surface area (Å²) in [5.74, 6) is 0.829. The molecule has 6 nitrogen and oxygen atoms in total. The van der Waals surface area contributed by atoms with E-state index in [-0.39, 0.29) is 0 Å². The maximum Gasteiger partial charge on any atom is 0.207 e. The van der Waals surface area contributed by atoms with Crippen molar-refractivity contribution in [3.63, 3.8) is 0 Å². The van der Waals surface area contributed by atoms with Gasteiger partial charge in [0.2, 0.25) is 6.41 Å². The zero-order chi connectivity index (χ0) is 18.7. The summed E-state index contributed by atoms with van der Waals surface area (Å²) in [5.41, 5.74) is 3.88. The molecule has 2 aromatic heterocycles. The Morgan fingerprint density at radius 2 is 2.12 bits per heavy atom. The second kappa shape index (κ2) is 8.18. The number of hydrogen-bond donors (Lipinski definition) is 1. The number of hydrogen-bond acceptors (Lipinski definition) is 4. The van der Waals surface area contributed by atoms with Gasteiger partial charge in [0, 0.05) is 17.8 Å². The number of imidazole rings is 1. The summed E-state index contributed by atoms with van der Waals surface area (Å²) in [6.07, 6.45) is 6.83. The minimum absolute atomic E-state index is 0.530. The molecule has 1 saturated carbocycles. The molecule has 8 heteroatoms.